The van der Waals surface area contributed by atoms with Gasteiger partial charge in [0.1, 0.15) is 5.69 Å². The van der Waals surface area contributed by atoms with Gasteiger partial charge in [-0.15, -0.1) is 0 Å². The van der Waals surface area contributed by atoms with E-state index < -0.39 is 6.04 Å². The van der Waals surface area contributed by atoms with Crippen molar-refractivity contribution in [3.05, 3.63) is 42.1 Å². The summed E-state index contributed by atoms with van der Waals surface area (Å²) in [5, 5.41) is 3.64. The highest BCUT2D eigenvalue weighted by molar-refractivity contribution is 5.97. The zero-order valence-corrected chi connectivity index (χ0v) is 11.0. The number of aromatic nitrogens is 1. The summed E-state index contributed by atoms with van der Waals surface area (Å²) in [5.74, 6) is -0.311. The summed E-state index contributed by atoms with van der Waals surface area (Å²) in [6, 6.07) is 10.6. The molecule has 1 aromatic heterocycles. The van der Waals surface area contributed by atoms with Crippen LogP contribution in [0.3, 0.4) is 0 Å². The van der Waals surface area contributed by atoms with E-state index in [-0.39, 0.29) is 11.7 Å². The molecule has 1 amide bonds. The Morgan fingerprint density at radius 3 is 2.68 bits per heavy atom. The van der Waals surface area contributed by atoms with Crippen LogP contribution in [0.1, 0.15) is 30.8 Å². The van der Waals surface area contributed by atoms with Crippen LogP contribution in [0.4, 0.5) is 0 Å². The van der Waals surface area contributed by atoms with E-state index in [4.69, 9.17) is 0 Å². The maximum Gasteiger partial charge on any atom is 0.270 e. The largest absolute Gasteiger partial charge is 0.341 e. The van der Waals surface area contributed by atoms with Gasteiger partial charge in [0.25, 0.3) is 5.91 Å². The summed E-state index contributed by atoms with van der Waals surface area (Å²) in [5.41, 5.74) is 1.10. The first-order valence-corrected chi connectivity index (χ1v) is 6.31. The number of carbonyl (C=O) groups is 2. The van der Waals surface area contributed by atoms with Gasteiger partial charge in [0.15, 0.2) is 5.78 Å². The second kappa shape index (κ2) is 5.61. The summed E-state index contributed by atoms with van der Waals surface area (Å²) in [7, 11) is 0. The molecule has 1 heterocycles. The topological polar surface area (TPSA) is 59.1 Å². The lowest BCUT2D eigenvalue weighted by atomic mass is 10.1. The van der Waals surface area contributed by atoms with Gasteiger partial charge in [-0.3, -0.25) is 9.59 Å². The highest BCUT2D eigenvalue weighted by atomic mass is 16.2. The molecule has 4 nitrogen and oxygen atoms in total. The van der Waals surface area contributed by atoms with E-state index in [2.05, 4.69) is 10.3 Å². The molecule has 19 heavy (non-hydrogen) atoms. The normalized spacial score (nSPS) is 12.1. The van der Waals surface area contributed by atoms with Crippen LogP contribution in [0.5, 0.6) is 0 Å². The Kier molecular flexibility index (Phi) is 3.90. The molecule has 1 aromatic carbocycles. The molecule has 1 N–H and O–H groups in total. The van der Waals surface area contributed by atoms with Gasteiger partial charge in [-0.05, 0) is 19.1 Å². The van der Waals surface area contributed by atoms with Gasteiger partial charge in [0.2, 0.25) is 0 Å². The van der Waals surface area contributed by atoms with Crippen molar-refractivity contribution in [1.29, 1.82) is 0 Å². The summed E-state index contributed by atoms with van der Waals surface area (Å²) in [6.07, 6.45) is 0.409. The van der Waals surface area contributed by atoms with Crippen molar-refractivity contribution in [3.63, 3.8) is 0 Å². The molecule has 0 fully saturated rings. The first-order valence-electron chi connectivity index (χ1n) is 6.31. The third-order valence-electron chi connectivity index (χ3n) is 3.01. The van der Waals surface area contributed by atoms with E-state index >= 15 is 0 Å². The van der Waals surface area contributed by atoms with Crippen molar-refractivity contribution < 1.29 is 9.59 Å². The minimum Gasteiger partial charge on any atom is -0.341 e. The predicted molar refractivity (Wildman–Crippen MR) is 74.0 cm³/mol. The van der Waals surface area contributed by atoms with Crippen molar-refractivity contribution in [3.8, 4) is 0 Å². The van der Waals surface area contributed by atoms with Crippen LogP contribution in [-0.2, 0) is 4.79 Å². The molecule has 1 unspecified atom stereocenters. The Hall–Kier alpha value is -2.23. The molecule has 0 saturated carbocycles. The second-order valence-electron chi connectivity index (χ2n) is 4.40. The first-order chi connectivity index (χ1) is 9.11. The van der Waals surface area contributed by atoms with Crippen LogP contribution in [0.15, 0.2) is 36.4 Å². The van der Waals surface area contributed by atoms with Crippen molar-refractivity contribution in [2.75, 3.05) is 0 Å². The summed E-state index contributed by atoms with van der Waals surface area (Å²) < 4.78 is 0. The lowest BCUT2D eigenvalue weighted by molar-refractivity contribution is -0.120. The van der Waals surface area contributed by atoms with Crippen molar-refractivity contribution in [2.24, 2.45) is 0 Å². The molecule has 0 spiro atoms. The van der Waals surface area contributed by atoms with Gasteiger partial charge in [0, 0.05) is 11.8 Å². The lowest BCUT2D eigenvalue weighted by Crippen LogP contribution is -2.38. The Balaban J connectivity index is 2.19. The Morgan fingerprint density at radius 2 is 1.95 bits per heavy atom. The molecule has 0 bridgehead atoms. The van der Waals surface area contributed by atoms with Crippen LogP contribution in [0.2, 0.25) is 0 Å². The number of Topliss-reactive ketones (excluding diaryl/α,β-unsaturated/α-hetero) is 1. The fourth-order valence-electron chi connectivity index (χ4n) is 1.85. The van der Waals surface area contributed by atoms with Crippen LogP contribution < -0.4 is 5.32 Å². The maximum absolute atomic E-state index is 12.0. The number of fused-ring (bicyclic) bond motifs is 1. The number of hydrogen-bond donors (Lipinski definition) is 1. The van der Waals surface area contributed by atoms with Crippen molar-refractivity contribution in [1.82, 2.24) is 10.3 Å². The maximum atomic E-state index is 12.0. The molecule has 0 aliphatic heterocycles. The van der Waals surface area contributed by atoms with Gasteiger partial charge in [-0.25, -0.2) is 4.98 Å². The standard InChI is InChI=1S/C15H16N2O2/c1-3-14(18)10(2)16-15(19)13-9-8-11-6-4-5-7-12(11)17-13/h4-10H,3H2,1-2H3,(H,16,19). The van der Waals surface area contributed by atoms with Gasteiger partial charge in [-0.1, -0.05) is 31.2 Å². The fourth-order valence-corrected chi connectivity index (χ4v) is 1.85. The highest BCUT2D eigenvalue weighted by Crippen LogP contribution is 2.11. The lowest BCUT2D eigenvalue weighted by Gasteiger charge is -2.11. The Labute approximate surface area is 111 Å². The minimum absolute atomic E-state index is 0.00846. The van der Waals surface area contributed by atoms with Crippen LogP contribution in [0.25, 0.3) is 10.9 Å². The molecule has 0 aliphatic rings. The van der Waals surface area contributed by atoms with E-state index in [1.54, 1.807) is 19.9 Å². The molecular weight excluding hydrogens is 240 g/mol. The van der Waals surface area contributed by atoms with Crippen molar-refractivity contribution in [2.45, 2.75) is 26.3 Å². The molecular formula is C15H16N2O2. The molecule has 0 saturated heterocycles. The number of pyridine rings is 1. The van der Waals surface area contributed by atoms with Crippen LogP contribution >= 0.6 is 0 Å². The smallest absolute Gasteiger partial charge is 0.270 e. The number of hydrogen-bond acceptors (Lipinski definition) is 3. The first kappa shape index (κ1) is 13.2. The van der Waals surface area contributed by atoms with Gasteiger partial charge in [-0.2, -0.15) is 0 Å². The van der Waals surface area contributed by atoms with E-state index in [9.17, 15) is 9.59 Å². The fraction of sp³-hybridized carbons (Fsp3) is 0.267. The molecule has 0 radical (unpaired) electrons. The third-order valence-corrected chi connectivity index (χ3v) is 3.01. The van der Waals surface area contributed by atoms with Gasteiger partial charge < -0.3 is 5.32 Å². The number of carbonyl (C=O) groups excluding carboxylic acids is 2. The molecule has 4 heteroatoms. The number of nitrogens with one attached hydrogen (secondary N) is 1. The number of ketones is 1. The van der Waals surface area contributed by atoms with Crippen molar-refractivity contribution >= 4 is 22.6 Å². The number of nitrogens with zero attached hydrogens (tertiary/aromatic N) is 1. The average molecular weight is 256 g/mol. The molecule has 2 rings (SSSR count). The summed E-state index contributed by atoms with van der Waals surface area (Å²) >= 11 is 0. The number of amides is 1. The molecule has 2 aromatic rings. The monoisotopic (exact) mass is 256 g/mol. The van der Waals surface area contributed by atoms with E-state index in [0.717, 1.165) is 10.9 Å². The Morgan fingerprint density at radius 1 is 1.21 bits per heavy atom. The summed E-state index contributed by atoms with van der Waals surface area (Å²) in [4.78, 5) is 27.7. The zero-order chi connectivity index (χ0) is 13.8. The number of benzene rings is 1. The van der Waals surface area contributed by atoms with Gasteiger partial charge in [0.05, 0.1) is 11.6 Å². The average Bonchev–Trinajstić information content (AvgIpc) is 2.45. The SMILES string of the molecule is CCC(=O)C(C)NC(=O)c1ccc2ccccc2n1. The van der Waals surface area contributed by atoms with E-state index in [1.807, 2.05) is 30.3 Å². The highest BCUT2D eigenvalue weighted by Gasteiger charge is 2.15. The molecule has 1 atom stereocenters. The quantitative estimate of drug-likeness (QED) is 0.913. The number of para-hydroxylation sites is 1. The number of rotatable bonds is 4. The second-order valence-corrected chi connectivity index (χ2v) is 4.40. The van der Waals surface area contributed by atoms with E-state index in [1.165, 1.54) is 0 Å². The van der Waals surface area contributed by atoms with Crippen LogP contribution in [0, 0.1) is 0 Å². The third kappa shape index (κ3) is 2.96. The minimum atomic E-state index is -0.481. The predicted octanol–water partition coefficient (Wildman–Crippen LogP) is 2.33. The summed E-state index contributed by atoms with van der Waals surface area (Å²) in [6.45, 7) is 3.46. The molecule has 0 aliphatic carbocycles. The zero-order valence-electron chi connectivity index (χ0n) is 11.0. The van der Waals surface area contributed by atoms with Crippen LogP contribution in [-0.4, -0.2) is 22.7 Å². The Bertz CT molecular complexity index is 622. The van der Waals surface area contributed by atoms with E-state index in [0.29, 0.717) is 12.1 Å². The molecule has 98 valence electrons. The van der Waals surface area contributed by atoms with Gasteiger partial charge >= 0.3 is 0 Å².